The Bertz CT molecular complexity index is 784. The fourth-order valence-corrected chi connectivity index (χ4v) is 2.63. The molecule has 27 heavy (non-hydrogen) atoms. The average Bonchev–Trinajstić information content (AvgIpc) is 2.67. The second-order valence-electron chi connectivity index (χ2n) is 6.12. The van der Waals surface area contributed by atoms with Crippen LogP contribution in [0.25, 0.3) is 6.08 Å². The highest BCUT2D eigenvalue weighted by atomic mass is 35.5. The molecule has 0 radical (unpaired) electrons. The van der Waals surface area contributed by atoms with Gasteiger partial charge >= 0.3 is 5.97 Å². The van der Waals surface area contributed by atoms with Crippen LogP contribution in [0.3, 0.4) is 0 Å². The smallest absolute Gasteiger partial charge is 0.338 e. The summed E-state index contributed by atoms with van der Waals surface area (Å²) in [5, 5.41) is 3.33. The van der Waals surface area contributed by atoms with E-state index in [4.69, 9.17) is 16.3 Å². The number of unbranched alkanes of at least 4 members (excludes halogenated alkanes) is 3. The van der Waals surface area contributed by atoms with Crippen molar-refractivity contribution in [1.82, 2.24) is 0 Å². The van der Waals surface area contributed by atoms with Gasteiger partial charge in [0.2, 0.25) is 5.91 Å². The van der Waals surface area contributed by atoms with E-state index in [9.17, 15) is 9.59 Å². The van der Waals surface area contributed by atoms with Gasteiger partial charge in [-0.15, -0.1) is 0 Å². The van der Waals surface area contributed by atoms with Crippen LogP contribution in [0.1, 0.15) is 48.5 Å². The monoisotopic (exact) mass is 385 g/mol. The van der Waals surface area contributed by atoms with E-state index in [2.05, 4.69) is 12.2 Å². The van der Waals surface area contributed by atoms with Gasteiger partial charge in [-0.05, 0) is 48.4 Å². The molecule has 0 saturated carbocycles. The Morgan fingerprint density at radius 1 is 1.04 bits per heavy atom. The van der Waals surface area contributed by atoms with Gasteiger partial charge in [0.15, 0.2) is 0 Å². The lowest BCUT2D eigenvalue weighted by Crippen LogP contribution is -2.09. The molecule has 0 saturated heterocycles. The first-order valence-electron chi connectivity index (χ1n) is 9.11. The van der Waals surface area contributed by atoms with E-state index in [1.807, 2.05) is 18.2 Å². The fraction of sp³-hybridized carbons (Fsp3) is 0.273. The first-order valence-corrected chi connectivity index (χ1v) is 9.48. The number of halogens is 1. The molecule has 0 aliphatic carbocycles. The van der Waals surface area contributed by atoms with Crippen molar-refractivity contribution in [1.29, 1.82) is 0 Å². The van der Waals surface area contributed by atoms with Crippen molar-refractivity contribution in [3.63, 3.8) is 0 Å². The molecule has 5 heteroatoms. The third-order valence-electron chi connectivity index (χ3n) is 3.94. The van der Waals surface area contributed by atoms with Crippen molar-refractivity contribution in [2.45, 2.75) is 32.6 Å². The molecule has 0 spiro atoms. The number of carbonyl (C=O) groups is 2. The van der Waals surface area contributed by atoms with Crippen molar-refractivity contribution >= 4 is 35.2 Å². The van der Waals surface area contributed by atoms with Gasteiger partial charge in [-0.25, -0.2) is 4.79 Å². The molecule has 0 fully saturated rings. The third kappa shape index (κ3) is 7.27. The van der Waals surface area contributed by atoms with Gasteiger partial charge in [-0.2, -0.15) is 0 Å². The minimum Gasteiger partial charge on any atom is -0.462 e. The largest absolute Gasteiger partial charge is 0.462 e. The molecular weight excluding hydrogens is 362 g/mol. The third-order valence-corrected chi connectivity index (χ3v) is 4.28. The molecule has 0 heterocycles. The highest BCUT2D eigenvalue weighted by Crippen LogP contribution is 2.16. The molecule has 1 N–H and O–H groups in total. The van der Waals surface area contributed by atoms with Gasteiger partial charge in [-0.3, -0.25) is 4.79 Å². The van der Waals surface area contributed by atoms with Crippen LogP contribution in [0.15, 0.2) is 54.6 Å². The van der Waals surface area contributed by atoms with Crippen LogP contribution in [0.4, 0.5) is 5.69 Å². The summed E-state index contributed by atoms with van der Waals surface area (Å²) in [5.74, 6) is -0.621. The summed E-state index contributed by atoms with van der Waals surface area (Å²) in [4.78, 5) is 24.0. The van der Waals surface area contributed by atoms with Crippen LogP contribution in [-0.2, 0) is 9.53 Å². The first kappa shape index (κ1) is 20.7. The molecule has 0 aromatic heterocycles. The molecule has 0 bridgehead atoms. The SMILES string of the molecule is CCCCCCOC(=O)c1ccc(NC(=O)/C=C/c2ccccc2Cl)cc1. The van der Waals surface area contributed by atoms with Gasteiger partial charge < -0.3 is 10.1 Å². The number of benzene rings is 2. The Hall–Kier alpha value is -2.59. The standard InChI is InChI=1S/C22H24ClNO3/c1-2-3-4-7-16-27-22(26)18-10-13-19(14-11-18)24-21(25)15-12-17-8-5-6-9-20(17)23/h5-6,8-15H,2-4,7,16H2,1H3,(H,24,25)/b15-12+. The van der Waals surface area contributed by atoms with E-state index in [0.717, 1.165) is 31.2 Å². The Balaban J connectivity index is 1.83. The normalized spacial score (nSPS) is 10.7. The van der Waals surface area contributed by atoms with Crippen LogP contribution >= 0.6 is 11.6 Å². The lowest BCUT2D eigenvalue weighted by molar-refractivity contribution is -0.111. The van der Waals surface area contributed by atoms with Crippen LogP contribution < -0.4 is 5.32 Å². The van der Waals surface area contributed by atoms with Crippen molar-refractivity contribution in [3.8, 4) is 0 Å². The molecule has 4 nitrogen and oxygen atoms in total. The zero-order valence-corrected chi connectivity index (χ0v) is 16.2. The highest BCUT2D eigenvalue weighted by Gasteiger charge is 2.07. The number of ether oxygens (including phenoxy) is 1. The van der Waals surface area contributed by atoms with Crippen molar-refractivity contribution < 1.29 is 14.3 Å². The van der Waals surface area contributed by atoms with Crippen LogP contribution in [0.5, 0.6) is 0 Å². The summed E-state index contributed by atoms with van der Waals surface area (Å²) in [6.45, 7) is 2.57. The van der Waals surface area contributed by atoms with Gasteiger partial charge in [0.1, 0.15) is 0 Å². The highest BCUT2D eigenvalue weighted by molar-refractivity contribution is 6.32. The van der Waals surface area contributed by atoms with E-state index >= 15 is 0 Å². The van der Waals surface area contributed by atoms with Gasteiger partial charge in [0.05, 0.1) is 12.2 Å². The maximum atomic E-state index is 12.0. The molecule has 0 unspecified atom stereocenters. The summed E-state index contributed by atoms with van der Waals surface area (Å²) in [6, 6.07) is 13.9. The predicted octanol–water partition coefficient (Wildman–Crippen LogP) is 5.73. The topological polar surface area (TPSA) is 55.4 Å². The maximum Gasteiger partial charge on any atom is 0.338 e. The van der Waals surface area contributed by atoms with E-state index < -0.39 is 0 Å². The summed E-state index contributed by atoms with van der Waals surface area (Å²) in [7, 11) is 0. The molecule has 0 atom stereocenters. The van der Waals surface area contributed by atoms with Crippen LogP contribution in [0, 0.1) is 0 Å². The number of rotatable bonds is 9. The van der Waals surface area contributed by atoms with Gasteiger partial charge in [-0.1, -0.05) is 56.0 Å². The Kier molecular flexibility index (Phi) is 8.59. The van der Waals surface area contributed by atoms with Crippen LogP contribution in [-0.4, -0.2) is 18.5 Å². The maximum absolute atomic E-state index is 12.0. The van der Waals surface area contributed by atoms with E-state index in [1.54, 1.807) is 36.4 Å². The number of nitrogens with one attached hydrogen (secondary N) is 1. The number of anilines is 1. The average molecular weight is 386 g/mol. The summed E-state index contributed by atoms with van der Waals surface area (Å²) >= 11 is 6.05. The molecule has 142 valence electrons. The van der Waals surface area contributed by atoms with Gasteiger partial charge in [0.25, 0.3) is 0 Å². The molecule has 2 rings (SSSR count). The minimum absolute atomic E-state index is 0.277. The van der Waals surface area contributed by atoms with E-state index in [-0.39, 0.29) is 11.9 Å². The molecule has 0 aliphatic rings. The number of esters is 1. The molecule has 2 aromatic rings. The zero-order valence-electron chi connectivity index (χ0n) is 15.4. The molecule has 0 aliphatic heterocycles. The summed E-state index contributed by atoms with van der Waals surface area (Å²) in [5.41, 5.74) is 1.84. The van der Waals surface area contributed by atoms with Crippen molar-refractivity contribution in [3.05, 3.63) is 70.8 Å². The zero-order chi connectivity index (χ0) is 19.5. The second-order valence-corrected chi connectivity index (χ2v) is 6.53. The van der Waals surface area contributed by atoms with E-state index in [1.165, 1.54) is 6.08 Å². The molecular formula is C22H24ClNO3. The summed E-state index contributed by atoms with van der Waals surface area (Å²) in [6.07, 6.45) is 7.31. The van der Waals surface area contributed by atoms with Crippen molar-refractivity contribution in [2.24, 2.45) is 0 Å². The predicted molar refractivity (Wildman–Crippen MR) is 110 cm³/mol. The Morgan fingerprint density at radius 3 is 2.48 bits per heavy atom. The lowest BCUT2D eigenvalue weighted by Gasteiger charge is -2.06. The fourth-order valence-electron chi connectivity index (χ4n) is 2.43. The quantitative estimate of drug-likeness (QED) is 0.340. The Labute approximate surface area is 165 Å². The Morgan fingerprint density at radius 2 is 1.78 bits per heavy atom. The number of hydrogen-bond acceptors (Lipinski definition) is 3. The first-order chi connectivity index (χ1) is 13.1. The van der Waals surface area contributed by atoms with Gasteiger partial charge in [0, 0.05) is 16.8 Å². The van der Waals surface area contributed by atoms with E-state index in [0.29, 0.717) is 22.9 Å². The number of hydrogen-bond donors (Lipinski definition) is 1. The van der Waals surface area contributed by atoms with Crippen LogP contribution in [0.2, 0.25) is 5.02 Å². The minimum atomic E-state index is -0.344. The number of amides is 1. The lowest BCUT2D eigenvalue weighted by atomic mass is 10.2. The molecule has 2 aromatic carbocycles. The second kappa shape index (κ2) is 11.2. The number of carbonyl (C=O) groups excluding carboxylic acids is 2. The summed E-state index contributed by atoms with van der Waals surface area (Å²) < 4.78 is 5.24. The van der Waals surface area contributed by atoms with Crippen molar-refractivity contribution in [2.75, 3.05) is 11.9 Å². The molecule has 1 amide bonds.